The molecule has 0 N–H and O–H groups in total. The van der Waals surface area contributed by atoms with E-state index in [0.717, 1.165) is 19.3 Å². The number of allylic oxidation sites excluding steroid dienone is 2. The molecular weight excluding hydrogens is 184 g/mol. The molecule has 0 saturated heterocycles. The van der Waals surface area contributed by atoms with Crippen LogP contribution < -0.4 is 0 Å². The van der Waals surface area contributed by atoms with Crippen LogP contribution in [0.15, 0.2) is 11.6 Å². The van der Waals surface area contributed by atoms with Gasteiger partial charge in [-0.25, -0.2) is 0 Å². The lowest BCUT2D eigenvalue weighted by Crippen LogP contribution is -2.13. The number of hydrogen-bond acceptors (Lipinski definition) is 1. The normalized spacial score (nSPS) is 29.8. The van der Waals surface area contributed by atoms with Crippen molar-refractivity contribution in [2.75, 3.05) is 5.88 Å². The second kappa shape index (κ2) is 4.80. The highest BCUT2D eigenvalue weighted by atomic mass is 35.5. The van der Waals surface area contributed by atoms with Crippen LogP contribution in [0.1, 0.15) is 33.1 Å². The van der Waals surface area contributed by atoms with E-state index in [-0.39, 0.29) is 5.92 Å². The fourth-order valence-electron chi connectivity index (χ4n) is 2.16. The summed E-state index contributed by atoms with van der Waals surface area (Å²) in [6.07, 6.45) is 4.84. The van der Waals surface area contributed by atoms with Crippen LogP contribution in [0.5, 0.6) is 0 Å². The zero-order valence-electron chi connectivity index (χ0n) is 8.35. The first kappa shape index (κ1) is 10.8. The fraction of sp³-hybridized carbons (Fsp3) is 0.727. The summed E-state index contributed by atoms with van der Waals surface area (Å²) in [5, 5.41) is 0. The molecule has 0 aliphatic heterocycles. The number of carbonyl (C=O) groups excluding carboxylic acids is 1. The molecule has 0 aromatic rings. The lowest BCUT2D eigenvalue weighted by molar-refractivity contribution is -0.120. The first-order valence-electron chi connectivity index (χ1n) is 4.94. The summed E-state index contributed by atoms with van der Waals surface area (Å²) in [6, 6.07) is 0. The van der Waals surface area contributed by atoms with E-state index in [4.69, 9.17) is 11.6 Å². The van der Waals surface area contributed by atoms with Gasteiger partial charge in [-0.05, 0) is 25.7 Å². The summed E-state index contributed by atoms with van der Waals surface area (Å²) in [4.78, 5) is 11.3. The molecule has 74 valence electrons. The minimum absolute atomic E-state index is 0.217. The van der Waals surface area contributed by atoms with Crippen molar-refractivity contribution in [1.29, 1.82) is 0 Å². The second-order valence-electron chi connectivity index (χ2n) is 3.70. The average Bonchev–Trinajstić information content (AvgIpc) is 2.45. The van der Waals surface area contributed by atoms with Crippen molar-refractivity contribution >= 4 is 17.4 Å². The van der Waals surface area contributed by atoms with Crippen molar-refractivity contribution in [1.82, 2.24) is 0 Å². The molecule has 0 radical (unpaired) electrons. The highest BCUT2D eigenvalue weighted by Crippen LogP contribution is 2.35. The standard InChI is InChI=1S/C11H17ClO/c1-3-9(6-7-12)10-4-5-11(13)8(10)2/h3,8,10H,4-7H2,1-2H3/b9-3-. The van der Waals surface area contributed by atoms with E-state index in [2.05, 4.69) is 6.08 Å². The van der Waals surface area contributed by atoms with Gasteiger partial charge in [0.1, 0.15) is 5.78 Å². The van der Waals surface area contributed by atoms with Crippen molar-refractivity contribution in [3.63, 3.8) is 0 Å². The largest absolute Gasteiger partial charge is 0.299 e. The van der Waals surface area contributed by atoms with Crippen molar-refractivity contribution in [2.45, 2.75) is 33.1 Å². The van der Waals surface area contributed by atoms with Gasteiger partial charge in [-0.1, -0.05) is 18.6 Å². The maximum atomic E-state index is 11.3. The smallest absolute Gasteiger partial charge is 0.136 e. The van der Waals surface area contributed by atoms with Gasteiger partial charge in [0.25, 0.3) is 0 Å². The molecule has 1 nitrogen and oxygen atoms in total. The molecule has 2 atom stereocenters. The number of halogens is 1. The van der Waals surface area contributed by atoms with Crippen LogP contribution in [-0.2, 0) is 4.79 Å². The van der Waals surface area contributed by atoms with Crippen LogP contribution in [0.3, 0.4) is 0 Å². The number of rotatable bonds is 3. The third-order valence-corrected chi connectivity index (χ3v) is 3.23. The molecular formula is C11H17ClO. The maximum Gasteiger partial charge on any atom is 0.136 e. The summed E-state index contributed by atoms with van der Waals surface area (Å²) in [6.45, 7) is 4.08. The lowest BCUT2D eigenvalue weighted by atomic mass is 9.88. The molecule has 0 amide bonds. The van der Waals surface area contributed by atoms with E-state index >= 15 is 0 Å². The third-order valence-electron chi connectivity index (χ3n) is 3.04. The van der Waals surface area contributed by atoms with Gasteiger partial charge in [0, 0.05) is 18.2 Å². The van der Waals surface area contributed by atoms with Gasteiger partial charge in [-0.15, -0.1) is 11.6 Å². The van der Waals surface area contributed by atoms with Crippen molar-refractivity contribution in [2.24, 2.45) is 11.8 Å². The minimum atomic E-state index is 0.217. The summed E-state index contributed by atoms with van der Waals surface area (Å²) >= 11 is 5.71. The minimum Gasteiger partial charge on any atom is -0.299 e. The first-order chi connectivity index (χ1) is 6.20. The molecule has 0 heterocycles. The van der Waals surface area contributed by atoms with E-state index in [9.17, 15) is 4.79 Å². The van der Waals surface area contributed by atoms with E-state index in [1.165, 1.54) is 5.57 Å². The van der Waals surface area contributed by atoms with Gasteiger partial charge < -0.3 is 0 Å². The Morgan fingerprint density at radius 3 is 2.77 bits per heavy atom. The van der Waals surface area contributed by atoms with E-state index in [1.807, 2.05) is 13.8 Å². The maximum absolute atomic E-state index is 11.3. The average molecular weight is 201 g/mol. The lowest BCUT2D eigenvalue weighted by Gasteiger charge is -2.17. The highest BCUT2D eigenvalue weighted by Gasteiger charge is 2.32. The first-order valence-corrected chi connectivity index (χ1v) is 5.48. The van der Waals surface area contributed by atoms with Gasteiger partial charge in [0.15, 0.2) is 0 Å². The highest BCUT2D eigenvalue weighted by molar-refractivity contribution is 6.18. The van der Waals surface area contributed by atoms with E-state index in [1.54, 1.807) is 0 Å². The predicted molar refractivity (Wildman–Crippen MR) is 56.0 cm³/mol. The number of ketones is 1. The van der Waals surface area contributed by atoms with Crippen molar-refractivity contribution in [3.8, 4) is 0 Å². The summed E-state index contributed by atoms with van der Waals surface area (Å²) in [7, 11) is 0. The van der Waals surface area contributed by atoms with Crippen molar-refractivity contribution < 1.29 is 4.79 Å². The monoisotopic (exact) mass is 200 g/mol. The Bertz CT molecular complexity index is 220. The van der Waals surface area contributed by atoms with Crippen LogP contribution in [0.25, 0.3) is 0 Å². The number of alkyl halides is 1. The molecule has 1 aliphatic carbocycles. The van der Waals surface area contributed by atoms with Gasteiger partial charge in [0.05, 0.1) is 0 Å². The van der Waals surface area contributed by atoms with Crippen LogP contribution in [-0.4, -0.2) is 11.7 Å². The second-order valence-corrected chi connectivity index (χ2v) is 4.08. The van der Waals surface area contributed by atoms with Gasteiger partial charge in [0.2, 0.25) is 0 Å². The van der Waals surface area contributed by atoms with Crippen molar-refractivity contribution in [3.05, 3.63) is 11.6 Å². The molecule has 2 heteroatoms. The Morgan fingerprint density at radius 1 is 1.69 bits per heavy atom. The molecule has 0 aromatic heterocycles. The quantitative estimate of drug-likeness (QED) is 0.505. The van der Waals surface area contributed by atoms with Gasteiger partial charge >= 0.3 is 0 Å². The van der Waals surface area contributed by atoms with Gasteiger partial charge in [-0.2, -0.15) is 0 Å². The SMILES string of the molecule is C/C=C(/CCCl)C1CCC(=O)C1C. The summed E-state index contributed by atoms with van der Waals surface area (Å²) in [5.41, 5.74) is 1.37. The molecule has 13 heavy (non-hydrogen) atoms. The molecule has 1 rings (SSSR count). The van der Waals surface area contributed by atoms with Crippen LogP contribution in [0, 0.1) is 11.8 Å². The summed E-state index contributed by atoms with van der Waals surface area (Å²) in [5.74, 6) is 1.77. The molecule has 0 bridgehead atoms. The Labute approximate surface area is 85.2 Å². The Hall–Kier alpha value is -0.300. The van der Waals surface area contributed by atoms with Crippen LogP contribution >= 0.6 is 11.6 Å². The zero-order valence-corrected chi connectivity index (χ0v) is 9.10. The number of hydrogen-bond donors (Lipinski definition) is 0. The Balaban J connectivity index is 2.65. The van der Waals surface area contributed by atoms with Crippen LogP contribution in [0.2, 0.25) is 0 Å². The number of Topliss-reactive ketones (excluding diaryl/α,β-unsaturated/α-hetero) is 1. The van der Waals surface area contributed by atoms with Gasteiger partial charge in [-0.3, -0.25) is 4.79 Å². The van der Waals surface area contributed by atoms with E-state index < -0.39 is 0 Å². The zero-order chi connectivity index (χ0) is 9.84. The fourth-order valence-corrected chi connectivity index (χ4v) is 2.38. The summed E-state index contributed by atoms with van der Waals surface area (Å²) < 4.78 is 0. The van der Waals surface area contributed by atoms with Crippen LogP contribution in [0.4, 0.5) is 0 Å². The molecule has 0 spiro atoms. The molecule has 1 fully saturated rings. The topological polar surface area (TPSA) is 17.1 Å². The number of carbonyl (C=O) groups is 1. The molecule has 1 saturated carbocycles. The Kier molecular flexibility index (Phi) is 3.98. The Morgan fingerprint density at radius 2 is 2.38 bits per heavy atom. The predicted octanol–water partition coefficient (Wildman–Crippen LogP) is 3.18. The molecule has 2 unspecified atom stereocenters. The third kappa shape index (κ3) is 2.34. The molecule has 1 aliphatic rings. The molecule has 0 aromatic carbocycles. The van der Waals surface area contributed by atoms with E-state index in [0.29, 0.717) is 17.6 Å².